The van der Waals surface area contributed by atoms with E-state index in [9.17, 15) is 9.59 Å². The molecular formula is C22H25N5O2S. The molecular weight excluding hydrogens is 398 g/mol. The van der Waals surface area contributed by atoms with Gasteiger partial charge < -0.3 is 10.2 Å². The summed E-state index contributed by atoms with van der Waals surface area (Å²) in [6.07, 6.45) is 0.706. The maximum Gasteiger partial charge on any atom is 0.278 e. The van der Waals surface area contributed by atoms with Crippen LogP contribution in [0.25, 0.3) is 10.6 Å². The standard InChI is InChI=1S/C22H25N5O2S/c1-12(2)27-19-17(13(3)11-16-20(19)30-22(24-16)23-14(4)28)18(25-27)21(29)26(5)15-9-7-6-8-10-15/h6-10,12-13H,11H2,1-5H3,(H,23,24,28). The van der Waals surface area contributed by atoms with Crippen molar-refractivity contribution in [2.24, 2.45) is 0 Å². The molecule has 1 N–H and O–H groups in total. The minimum atomic E-state index is -0.146. The molecule has 1 aromatic carbocycles. The van der Waals surface area contributed by atoms with E-state index >= 15 is 0 Å². The van der Waals surface area contributed by atoms with Crippen LogP contribution in [0.15, 0.2) is 30.3 Å². The maximum absolute atomic E-state index is 13.4. The molecule has 156 valence electrons. The topological polar surface area (TPSA) is 80.1 Å². The molecule has 0 fully saturated rings. The molecule has 4 rings (SSSR count). The summed E-state index contributed by atoms with van der Waals surface area (Å²) in [5, 5.41) is 8.15. The van der Waals surface area contributed by atoms with Crippen LogP contribution >= 0.6 is 11.3 Å². The average molecular weight is 424 g/mol. The Morgan fingerprint density at radius 3 is 2.60 bits per heavy atom. The molecule has 8 heteroatoms. The smallest absolute Gasteiger partial charge is 0.278 e. The van der Waals surface area contributed by atoms with E-state index in [-0.39, 0.29) is 23.8 Å². The van der Waals surface area contributed by atoms with E-state index in [1.54, 1.807) is 11.9 Å². The van der Waals surface area contributed by atoms with Crippen molar-refractivity contribution in [3.05, 3.63) is 47.3 Å². The van der Waals surface area contributed by atoms with Gasteiger partial charge in [-0.15, -0.1) is 0 Å². The number of carbonyl (C=O) groups excluding carboxylic acids is 2. The highest BCUT2D eigenvalue weighted by molar-refractivity contribution is 7.19. The number of anilines is 2. The fourth-order valence-corrected chi connectivity index (χ4v) is 4.96. The van der Waals surface area contributed by atoms with Gasteiger partial charge in [-0.25, -0.2) is 4.98 Å². The Balaban J connectivity index is 1.84. The van der Waals surface area contributed by atoms with Crippen LogP contribution in [0, 0.1) is 0 Å². The predicted octanol–water partition coefficient (Wildman–Crippen LogP) is 4.48. The summed E-state index contributed by atoms with van der Waals surface area (Å²) < 4.78 is 1.92. The Bertz CT molecular complexity index is 1120. The molecule has 0 radical (unpaired) electrons. The molecule has 7 nitrogen and oxygen atoms in total. The van der Waals surface area contributed by atoms with Crippen molar-refractivity contribution < 1.29 is 9.59 Å². The van der Waals surface area contributed by atoms with Crippen molar-refractivity contribution in [2.75, 3.05) is 17.3 Å². The number of para-hydroxylation sites is 1. The number of rotatable bonds is 4. The third-order valence-corrected chi connectivity index (χ3v) is 6.29. The molecule has 2 heterocycles. The quantitative estimate of drug-likeness (QED) is 0.671. The van der Waals surface area contributed by atoms with Crippen LogP contribution in [0.1, 0.15) is 61.4 Å². The second-order valence-electron chi connectivity index (χ2n) is 7.93. The van der Waals surface area contributed by atoms with Crippen LogP contribution in [-0.2, 0) is 11.2 Å². The maximum atomic E-state index is 13.4. The van der Waals surface area contributed by atoms with E-state index in [4.69, 9.17) is 5.10 Å². The van der Waals surface area contributed by atoms with E-state index < -0.39 is 0 Å². The molecule has 1 atom stereocenters. The normalized spacial score (nSPS) is 14.9. The van der Waals surface area contributed by atoms with Gasteiger partial charge in [-0.2, -0.15) is 5.10 Å². The van der Waals surface area contributed by atoms with Crippen LogP contribution in [0.3, 0.4) is 0 Å². The SMILES string of the molecule is CC(=O)Nc1nc2c(s1)-c1c(c(C(=O)N(C)c3ccccc3)nn1C(C)C)C(C)C2. The Morgan fingerprint density at radius 2 is 1.97 bits per heavy atom. The number of amides is 2. The van der Waals surface area contributed by atoms with Crippen molar-refractivity contribution in [1.29, 1.82) is 0 Å². The highest BCUT2D eigenvalue weighted by Gasteiger charge is 2.36. The molecule has 1 aliphatic rings. The Morgan fingerprint density at radius 1 is 1.27 bits per heavy atom. The zero-order chi connectivity index (χ0) is 21.6. The summed E-state index contributed by atoms with van der Waals surface area (Å²) in [5.74, 6) is -0.179. The van der Waals surface area contributed by atoms with Crippen LogP contribution in [0.4, 0.5) is 10.8 Å². The Labute approximate surface area is 179 Å². The van der Waals surface area contributed by atoms with E-state index in [1.807, 2.05) is 35.0 Å². The first kappa shape index (κ1) is 20.3. The molecule has 1 aliphatic carbocycles. The van der Waals surface area contributed by atoms with E-state index in [0.717, 1.165) is 27.5 Å². The number of benzene rings is 1. The number of nitrogens with zero attached hydrogens (tertiary/aromatic N) is 4. The second kappa shape index (κ2) is 7.68. The number of nitrogens with one attached hydrogen (secondary N) is 1. The van der Waals surface area contributed by atoms with Gasteiger partial charge in [0.25, 0.3) is 5.91 Å². The summed E-state index contributed by atoms with van der Waals surface area (Å²) in [7, 11) is 1.78. The lowest BCUT2D eigenvalue weighted by Gasteiger charge is -2.22. The van der Waals surface area contributed by atoms with Gasteiger partial charge in [-0.1, -0.05) is 36.5 Å². The van der Waals surface area contributed by atoms with E-state index in [0.29, 0.717) is 17.2 Å². The largest absolute Gasteiger partial charge is 0.310 e. The van der Waals surface area contributed by atoms with Crippen molar-refractivity contribution >= 4 is 34.0 Å². The van der Waals surface area contributed by atoms with Crippen molar-refractivity contribution in [1.82, 2.24) is 14.8 Å². The van der Waals surface area contributed by atoms with Gasteiger partial charge in [0.15, 0.2) is 10.8 Å². The van der Waals surface area contributed by atoms with Gasteiger partial charge in [-0.3, -0.25) is 14.3 Å². The molecule has 0 saturated carbocycles. The first-order chi connectivity index (χ1) is 14.3. The van der Waals surface area contributed by atoms with Gasteiger partial charge in [0.2, 0.25) is 5.91 Å². The summed E-state index contributed by atoms with van der Waals surface area (Å²) >= 11 is 1.44. The molecule has 3 aromatic rings. The number of fused-ring (bicyclic) bond motifs is 3. The zero-order valence-corrected chi connectivity index (χ0v) is 18.6. The predicted molar refractivity (Wildman–Crippen MR) is 119 cm³/mol. The summed E-state index contributed by atoms with van der Waals surface area (Å²) in [6, 6.07) is 9.65. The van der Waals surface area contributed by atoms with Crippen LogP contribution in [0.5, 0.6) is 0 Å². The second-order valence-corrected chi connectivity index (χ2v) is 8.93. The number of hydrogen-bond donors (Lipinski definition) is 1. The minimum absolute atomic E-state index is 0.0757. The van der Waals surface area contributed by atoms with Gasteiger partial charge in [0.05, 0.1) is 16.3 Å². The number of hydrogen-bond acceptors (Lipinski definition) is 5. The van der Waals surface area contributed by atoms with Gasteiger partial charge in [-0.05, 0) is 38.3 Å². The lowest BCUT2D eigenvalue weighted by atomic mass is 9.87. The first-order valence-electron chi connectivity index (χ1n) is 10.0. The fraction of sp³-hybridized carbons (Fsp3) is 0.364. The van der Waals surface area contributed by atoms with E-state index in [2.05, 4.69) is 31.1 Å². The van der Waals surface area contributed by atoms with Gasteiger partial charge in [0.1, 0.15) is 0 Å². The molecule has 0 aliphatic heterocycles. The molecule has 0 bridgehead atoms. The van der Waals surface area contributed by atoms with Crippen LogP contribution in [-0.4, -0.2) is 33.6 Å². The summed E-state index contributed by atoms with van der Waals surface area (Å²) in [6.45, 7) is 7.68. The highest BCUT2D eigenvalue weighted by atomic mass is 32.1. The van der Waals surface area contributed by atoms with Crippen molar-refractivity contribution in [3.63, 3.8) is 0 Å². The third-order valence-electron chi connectivity index (χ3n) is 5.27. The monoisotopic (exact) mass is 423 g/mol. The lowest BCUT2D eigenvalue weighted by molar-refractivity contribution is -0.114. The number of carbonyl (C=O) groups is 2. The van der Waals surface area contributed by atoms with E-state index in [1.165, 1.54) is 18.3 Å². The fourth-order valence-electron chi connectivity index (χ4n) is 3.87. The molecule has 2 amide bonds. The van der Waals surface area contributed by atoms with Gasteiger partial charge in [0, 0.05) is 31.3 Å². The van der Waals surface area contributed by atoms with Crippen LogP contribution in [0.2, 0.25) is 0 Å². The first-order valence-corrected chi connectivity index (χ1v) is 10.8. The molecule has 1 unspecified atom stereocenters. The molecule has 0 saturated heterocycles. The number of aromatic nitrogens is 3. The highest BCUT2D eigenvalue weighted by Crippen LogP contribution is 2.46. The molecule has 2 aromatic heterocycles. The number of thiazole rings is 1. The summed E-state index contributed by atoms with van der Waals surface area (Å²) in [4.78, 5) is 32.2. The zero-order valence-electron chi connectivity index (χ0n) is 17.8. The Hall–Kier alpha value is -3.00. The van der Waals surface area contributed by atoms with Crippen molar-refractivity contribution in [3.8, 4) is 10.6 Å². The van der Waals surface area contributed by atoms with Crippen molar-refractivity contribution in [2.45, 2.75) is 46.1 Å². The third kappa shape index (κ3) is 3.41. The lowest BCUT2D eigenvalue weighted by Crippen LogP contribution is -2.28. The Kier molecular flexibility index (Phi) is 5.19. The average Bonchev–Trinajstić information content (AvgIpc) is 3.28. The summed E-state index contributed by atoms with van der Waals surface area (Å²) in [5.41, 5.74) is 4.16. The molecule has 30 heavy (non-hydrogen) atoms. The van der Waals surface area contributed by atoms with Gasteiger partial charge >= 0.3 is 0 Å². The van der Waals surface area contributed by atoms with Crippen LogP contribution < -0.4 is 10.2 Å². The molecule has 0 spiro atoms. The minimum Gasteiger partial charge on any atom is -0.310 e.